The number of anilines is 2. The molecule has 142 valence electrons. The highest BCUT2D eigenvalue weighted by Gasteiger charge is 2.40. The second kappa shape index (κ2) is 6.90. The van der Waals surface area contributed by atoms with E-state index in [1.54, 1.807) is 10.7 Å². The van der Waals surface area contributed by atoms with Crippen LogP contribution in [0.1, 0.15) is 52.4 Å². The molecule has 1 saturated carbocycles. The van der Waals surface area contributed by atoms with Gasteiger partial charge < -0.3 is 21.1 Å². The van der Waals surface area contributed by atoms with Crippen molar-refractivity contribution in [3.8, 4) is 6.01 Å². The molecule has 2 fully saturated rings. The Hall–Kier alpha value is -2.09. The van der Waals surface area contributed by atoms with Crippen molar-refractivity contribution in [3.05, 3.63) is 6.20 Å². The Bertz CT molecular complexity index is 760. The summed E-state index contributed by atoms with van der Waals surface area (Å²) in [5.74, 6) is 1.20. The van der Waals surface area contributed by atoms with Gasteiger partial charge in [-0.05, 0) is 44.4 Å². The molecule has 8 heteroatoms. The van der Waals surface area contributed by atoms with Crippen molar-refractivity contribution in [2.24, 2.45) is 5.41 Å². The Kier molecular flexibility index (Phi) is 4.60. The fourth-order valence-corrected chi connectivity index (χ4v) is 4.09. The molecule has 8 nitrogen and oxygen atoms in total. The van der Waals surface area contributed by atoms with Gasteiger partial charge in [0.05, 0.1) is 12.3 Å². The monoisotopic (exact) mass is 359 g/mol. The summed E-state index contributed by atoms with van der Waals surface area (Å²) in [7, 11) is 0. The average Bonchev–Trinajstić information content (AvgIpc) is 2.98. The number of nitrogens with one attached hydrogen (secondary N) is 2. The number of nitrogens with two attached hydrogens (primary N) is 1. The van der Waals surface area contributed by atoms with Crippen LogP contribution in [-0.2, 0) is 0 Å². The molecule has 3 heterocycles. The number of rotatable bonds is 6. The molecule has 0 radical (unpaired) electrons. The summed E-state index contributed by atoms with van der Waals surface area (Å²) in [4.78, 5) is 8.63. The molecule has 26 heavy (non-hydrogen) atoms. The van der Waals surface area contributed by atoms with Gasteiger partial charge in [-0.25, -0.2) is 4.98 Å². The van der Waals surface area contributed by atoms with Gasteiger partial charge in [0.2, 0.25) is 0 Å². The summed E-state index contributed by atoms with van der Waals surface area (Å²) in [6.45, 7) is 6.50. The van der Waals surface area contributed by atoms with Crippen LogP contribution in [0.3, 0.4) is 0 Å². The standard InChI is InChI=1S/C18H29N7O/c1-3-4-12(2)26-17-23-15(19)16-21-9-14(25(16)24-17)22-13-5-7-18(8-6-13)10-20-11-18/h9,12-13,20,22H,3-8,10-11H2,1-2H3,(H2,19,23,24)/t12-/m0/s1. The van der Waals surface area contributed by atoms with E-state index in [2.05, 4.69) is 32.6 Å². The normalized spacial score (nSPS) is 20.8. The molecule has 0 unspecified atom stereocenters. The lowest BCUT2D eigenvalue weighted by Gasteiger charge is -2.47. The van der Waals surface area contributed by atoms with Gasteiger partial charge in [0.25, 0.3) is 0 Å². The van der Waals surface area contributed by atoms with Gasteiger partial charge in [0, 0.05) is 19.1 Å². The van der Waals surface area contributed by atoms with Crippen molar-refractivity contribution in [1.29, 1.82) is 0 Å². The van der Waals surface area contributed by atoms with E-state index in [1.165, 1.54) is 38.8 Å². The third kappa shape index (κ3) is 3.30. The van der Waals surface area contributed by atoms with Crippen molar-refractivity contribution in [2.75, 3.05) is 24.1 Å². The molecule has 0 bridgehead atoms. The maximum atomic E-state index is 6.07. The first kappa shape index (κ1) is 17.3. The van der Waals surface area contributed by atoms with E-state index in [4.69, 9.17) is 10.5 Å². The number of nitrogen functional groups attached to an aromatic ring is 1. The number of fused-ring (bicyclic) bond motifs is 1. The summed E-state index contributed by atoms with van der Waals surface area (Å²) in [5, 5.41) is 11.5. The highest BCUT2D eigenvalue weighted by atomic mass is 16.5. The van der Waals surface area contributed by atoms with Crippen LogP contribution in [0.5, 0.6) is 6.01 Å². The molecule has 4 N–H and O–H groups in total. The smallest absolute Gasteiger partial charge is 0.336 e. The lowest BCUT2D eigenvalue weighted by molar-refractivity contribution is 0.101. The molecule has 2 aromatic rings. The van der Waals surface area contributed by atoms with Crippen molar-refractivity contribution in [3.63, 3.8) is 0 Å². The molecule has 1 spiro atoms. The average molecular weight is 359 g/mol. The summed E-state index contributed by atoms with van der Waals surface area (Å²) >= 11 is 0. The topological polar surface area (TPSA) is 102 Å². The first-order chi connectivity index (χ1) is 12.6. The summed E-state index contributed by atoms with van der Waals surface area (Å²) in [5.41, 5.74) is 7.19. The van der Waals surface area contributed by atoms with Gasteiger partial charge in [0.15, 0.2) is 11.5 Å². The summed E-state index contributed by atoms with van der Waals surface area (Å²) in [6, 6.07) is 0.751. The zero-order valence-corrected chi connectivity index (χ0v) is 15.7. The zero-order valence-electron chi connectivity index (χ0n) is 15.7. The third-order valence-electron chi connectivity index (χ3n) is 5.77. The Morgan fingerprint density at radius 3 is 2.85 bits per heavy atom. The van der Waals surface area contributed by atoms with E-state index in [1.807, 2.05) is 6.92 Å². The summed E-state index contributed by atoms with van der Waals surface area (Å²) in [6.07, 6.45) is 8.74. The maximum Gasteiger partial charge on any atom is 0.336 e. The minimum absolute atomic E-state index is 0.0578. The molecule has 2 aliphatic rings. The minimum Gasteiger partial charge on any atom is -0.459 e. The predicted octanol–water partition coefficient (Wildman–Crippen LogP) is 2.22. The van der Waals surface area contributed by atoms with Gasteiger partial charge in [0.1, 0.15) is 5.82 Å². The molecule has 0 amide bonds. The number of nitrogens with zero attached hydrogens (tertiary/aromatic N) is 4. The quantitative estimate of drug-likeness (QED) is 0.727. The Morgan fingerprint density at radius 2 is 2.19 bits per heavy atom. The van der Waals surface area contributed by atoms with E-state index in [-0.39, 0.29) is 6.10 Å². The fraction of sp³-hybridized carbons (Fsp3) is 0.722. The number of aromatic nitrogens is 4. The van der Waals surface area contributed by atoms with Gasteiger partial charge in [-0.3, -0.25) is 0 Å². The van der Waals surface area contributed by atoms with Crippen LogP contribution in [-0.4, -0.2) is 44.8 Å². The van der Waals surface area contributed by atoms with Crippen molar-refractivity contribution in [2.45, 2.75) is 64.5 Å². The molecule has 1 aliphatic carbocycles. The van der Waals surface area contributed by atoms with Gasteiger partial charge >= 0.3 is 6.01 Å². The van der Waals surface area contributed by atoms with E-state index in [9.17, 15) is 0 Å². The lowest BCUT2D eigenvalue weighted by atomic mass is 9.68. The largest absolute Gasteiger partial charge is 0.459 e. The second-order valence-electron chi connectivity index (χ2n) is 7.90. The highest BCUT2D eigenvalue weighted by molar-refractivity contribution is 5.63. The van der Waals surface area contributed by atoms with Gasteiger partial charge in [-0.2, -0.15) is 9.50 Å². The molecule has 2 aromatic heterocycles. The molecule has 4 rings (SSSR count). The maximum absolute atomic E-state index is 6.07. The molecule has 1 saturated heterocycles. The van der Waals surface area contributed by atoms with Gasteiger partial charge in [-0.1, -0.05) is 13.3 Å². The van der Waals surface area contributed by atoms with Crippen LogP contribution in [0.2, 0.25) is 0 Å². The van der Waals surface area contributed by atoms with Crippen LogP contribution >= 0.6 is 0 Å². The molecule has 1 aliphatic heterocycles. The van der Waals surface area contributed by atoms with Crippen molar-refractivity contribution in [1.82, 2.24) is 24.9 Å². The molecule has 1 atom stereocenters. The van der Waals surface area contributed by atoms with Gasteiger partial charge in [-0.15, -0.1) is 5.10 Å². The fourth-order valence-electron chi connectivity index (χ4n) is 4.09. The Balaban J connectivity index is 1.49. The van der Waals surface area contributed by atoms with E-state index in [0.29, 0.717) is 28.9 Å². The predicted molar refractivity (Wildman–Crippen MR) is 101 cm³/mol. The minimum atomic E-state index is 0.0578. The van der Waals surface area contributed by atoms with Crippen molar-refractivity contribution >= 4 is 17.3 Å². The third-order valence-corrected chi connectivity index (χ3v) is 5.77. The van der Waals surface area contributed by atoms with E-state index >= 15 is 0 Å². The molecule has 0 aromatic carbocycles. The lowest BCUT2D eigenvalue weighted by Crippen LogP contribution is -2.55. The first-order valence-corrected chi connectivity index (χ1v) is 9.74. The number of hydrogen-bond donors (Lipinski definition) is 3. The Morgan fingerprint density at radius 1 is 1.42 bits per heavy atom. The number of imidazole rings is 1. The van der Waals surface area contributed by atoms with Crippen LogP contribution in [0.4, 0.5) is 11.6 Å². The van der Waals surface area contributed by atoms with Crippen LogP contribution in [0, 0.1) is 5.41 Å². The highest BCUT2D eigenvalue weighted by Crippen LogP contribution is 2.40. The number of ether oxygens (including phenoxy) is 1. The summed E-state index contributed by atoms with van der Waals surface area (Å²) < 4.78 is 7.55. The van der Waals surface area contributed by atoms with E-state index in [0.717, 1.165) is 18.7 Å². The van der Waals surface area contributed by atoms with Crippen molar-refractivity contribution < 1.29 is 4.74 Å². The van der Waals surface area contributed by atoms with Crippen LogP contribution in [0.15, 0.2) is 6.20 Å². The SMILES string of the molecule is CCC[C@H](C)Oc1nc(N)c2ncc(NC3CCC4(CC3)CNC4)n2n1. The second-order valence-corrected chi connectivity index (χ2v) is 7.90. The Labute approximate surface area is 153 Å². The number of hydrogen-bond acceptors (Lipinski definition) is 7. The van der Waals surface area contributed by atoms with Crippen LogP contribution in [0.25, 0.3) is 5.65 Å². The first-order valence-electron chi connectivity index (χ1n) is 9.74. The molecular weight excluding hydrogens is 330 g/mol. The van der Waals surface area contributed by atoms with Crippen LogP contribution < -0.4 is 21.1 Å². The molecular formula is C18H29N7O. The zero-order chi connectivity index (χ0) is 18.1. The van der Waals surface area contributed by atoms with E-state index < -0.39 is 0 Å².